The van der Waals surface area contributed by atoms with E-state index in [1.54, 1.807) is 25.1 Å². The number of hydrogen-bond acceptors (Lipinski definition) is 4. The zero-order valence-electron chi connectivity index (χ0n) is 19.3. The van der Waals surface area contributed by atoms with Crippen molar-refractivity contribution < 1.29 is 16.8 Å². The van der Waals surface area contributed by atoms with Crippen LogP contribution < -0.4 is 0 Å². The van der Waals surface area contributed by atoms with Crippen LogP contribution in [0.15, 0.2) is 52.3 Å². The van der Waals surface area contributed by atoms with E-state index in [2.05, 4.69) is 0 Å². The predicted octanol–water partition coefficient (Wildman–Crippen LogP) is 5.09. The van der Waals surface area contributed by atoms with Gasteiger partial charge in [0.05, 0.1) is 15.0 Å². The lowest BCUT2D eigenvalue weighted by atomic mass is 9.86. The molecule has 2 rings (SSSR count). The maximum Gasteiger partial charge on any atom is 0.181 e. The molecule has 4 nitrogen and oxygen atoms in total. The Hall–Kier alpha value is -1.66. The molecule has 6 heteroatoms. The Morgan fingerprint density at radius 2 is 1.27 bits per heavy atom. The maximum atomic E-state index is 13.4. The van der Waals surface area contributed by atoms with Crippen molar-refractivity contribution in [1.82, 2.24) is 0 Å². The van der Waals surface area contributed by atoms with Crippen LogP contribution in [0.1, 0.15) is 65.2 Å². The summed E-state index contributed by atoms with van der Waals surface area (Å²) >= 11 is 0. The van der Waals surface area contributed by atoms with Crippen LogP contribution in [0.3, 0.4) is 0 Å². The molecule has 0 fully saturated rings. The standard InChI is InChI=1S/C24H34O4S2/c1-17(30(27,28)21-12-10-9-11-19(21)23(2,3)4)15-18-13-14-20(24(5,6)7)22(16-18)29(8,25)26/h9-14,16-17H,15H2,1-8H3. The van der Waals surface area contributed by atoms with E-state index in [0.717, 1.165) is 11.1 Å². The third kappa shape index (κ3) is 5.33. The first-order valence-electron chi connectivity index (χ1n) is 10.1. The van der Waals surface area contributed by atoms with Gasteiger partial charge < -0.3 is 0 Å². The highest BCUT2D eigenvalue weighted by Gasteiger charge is 2.30. The van der Waals surface area contributed by atoms with Crippen LogP contribution in [0.25, 0.3) is 0 Å². The highest BCUT2D eigenvalue weighted by molar-refractivity contribution is 7.92. The molecular formula is C24H34O4S2. The fourth-order valence-corrected chi connectivity index (χ4v) is 6.55. The predicted molar refractivity (Wildman–Crippen MR) is 124 cm³/mol. The quantitative estimate of drug-likeness (QED) is 0.636. The summed E-state index contributed by atoms with van der Waals surface area (Å²) in [6.07, 6.45) is 1.44. The molecule has 2 aromatic rings. The second kappa shape index (κ2) is 8.12. The molecule has 0 radical (unpaired) electrons. The fourth-order valence-electron chi connectivity index (χ4n) is 3.61. The van der Waals surface area contributed by atoms with E-state index in [-0.39, 0.29) is 22.1 Å². The van der Waals surface area contributed by atoms with Crippen LogP contribution in [-0.2, 0) is 36.9 Å². The molecule has 0 amide bonds. The van der Waals surface area contributed by atoms with Gasteiger partial charge in [0.2, 0.25) is 0 Å². The van der Waals surface area contributed by atoms with Crippen LogP contribution in [-0.4, -0.2) is 28.3 Å². The molecule has 30 heavy (non-hydrogen) atoms. The Morgan fingerprint density at radius 1 is 0.767 bits per heavy atom. The average Bonchev–Trinajstić information content (AvgIpc) is 2.59. The molecule has 0 N–H and O–H groups in total. The van der Waals surface area contributed by atoms with Gasteiger partial charge in [-0.2, -0.15) is 0 Å². The van der Waals surface area contributed by atoms with Crippen molar-refractivity contribution in [2.75, 3.05) is 6.26 Å². The lowest BCUT2D eigenvalue weighted by Crippen LogP contribution is -2.25. The minimum absolute atomic E-state index is 0.244. The third-order valence-electron chi connectivity index (χ3n) is 5.31. The molecule has 1 atom stereocenters. The van der Waals surface area contributed by atoms with Crippen molar-refractivity contribution in [3.63, 3.8) is 0 Å². The smallest absolute Gasteiger partial charge is 0.181 e. The first-order valence-corrected chi connectivity index (χ1v) is 13.6. The van der Waals surface area contributed by atoms with Crippen LogP contribution >= 0.6 is 0 Å². The molecule has 0 bridgehead atoms. The van der Waals surface area contributed by atoms with Gasteiger partial charge in [-0.1, -0.05) is 71.9 Å². The van der Waals surface area contributed by atoms with Crippen LogP contribution in [0.2, 0.25) is 0 Å². The van der Waals surface area contributed by atoms with Gasteiger partial charge >= 0.3 is 0 Å². The second-order valence-corrected chi connectivity index (χ2v) is 14.5. The van der Waals surface area contributed by atoms with E-state index in [1.807, 2.05) is 65.8 Å². The van der Waals surface area contributed by atoms with Gasteiger partial charge in [0, 0.05) is 6.26 Å². The zero-order chi connectivity index (χ0) is 23.1. The summed E-state index contributed by atoms with van der Waals surface area (Å²) in [6.45, 7) is 13.6. The molecule has 0 aliphatic rings. The van der Waals surface area contributed by atoms with E-state index in [9.17, 15) is 16.8 Å². The van der Waals surface area contributed by atoms with Gasteiger partial charge in [-0.3, -0.25) is 0 Å². The van der Waals surface area contributed by atoms with Crippen molar-refractivity contribution in [2.24, 2.45) is 0 Å². The lowest BCUT2D eigenvalue weighted by Gasteiger charge is -2.25. The maximum absolute atomic E-state index is 13.4. The van der Waals surface area contributed by atoms with Crippen molar-refractivity contribution in [3.05, 3.63) is 59.2 Å². The Bertz CT molecular complexity index is 1130. The summed E-state index contributed by atoms with van der Waals surface area (Å²) in [5.74, 6) is 0. The van der Waals surface area contributed by atoms with Crippen molar-refractivity contribution >= 4 is 19.7 Å². The summed E-state index contributed by atoms with van der Waals surface area (Å²) < 4.78 is 51.6. The van der Waals surface area contributed by atoms with Crippen LogP contribution in [0.5, 0.6) is 0 Å². The Kier molecular flexibility index (Phi) is 6.66. The Morgan fingerprint density at radius 3 is 1.77 bits per heavy atom. The summed E-state index contributed by atoms with van der Waals surface area (Å²) in [6, 6.07) is 12.4. The third-order valence-corrected chi connectivity index (χ3v) is 8.64. The number of benzene rings is 2. The lowest BCUT2D eigenvalue weighted by molar-refractivity contribution is 0.555. The van der Waals surface area contributed by atoms with Crippen molar-refractivity contribution in [2.45, 2.75) is 80.8 Å². The minimum Gasteiger partial charge on any atom is -0.224 e. The molecule has 1 unspecified atom stereocenters. The van der Waals surface area contributed by atoms with Crippen molar-refractivity contribution in [3.8, 4) is 0 Å². The summed E-state index contributed by atoms with van der Waals surface area (Å²) in [5.41, 5.74) is 1.59. The molecule has 0 heterocycles. The zero-order valence-corrected chi connectivity index (χ0v) is 20.9. The number of hydrogen-bond donors (Lipinski definition) is 0. The van der Waals surface area contributed by atoms with E-state index in [1.165, 1.54) is 6.26 Å². The molecular weight excluding hydrogens is 416 g/mol. The topological polar surface area (TPSA) is 68.3 Å². The number of sulfone groups is 2. The summed E-state index contributed by atoms with van der Waals surface area (Å²) in [5, 5.41) is -0.686. The van der Waals surface area contributed by atoms with Crippen LogP contribution in [0, 0.1) is 0 Å². The van der Waals surface area contributed by atoms with E-state index < -0.39 is 24.9 Å². The Balaban J connectivity index is 2.50. The van der Waals surface area contributed by atoms with Gasteiger partial charge in [-0.05, 0) is 53.0 Å². The molecule has 0 spiro atoms. The highest BCUT2D eigenvalue weighted by atomic mass is 32.2. The fraction of sp³-hybridized carbons (Fsp3) is 0.500. The summed E-state index contributed by atoms with van der Waals surface area (Å²) in [7, 11) is -7.03. The van der Waals surface area contributed by atoms with Crippen molar-refractivity contribution in [1.29, 1.82) is 0 Å². The van der Waals surface area contributed by atoms with E-state index >= 15 is 0 Å². The van der Waals surface area contributed by atoms with Gasteiger partial charge in [0.15, 0.2) is 19.7 Å². The van der Waals surface area contributed by atoms with Gasteiger partial charge in [-0.15, -0.1) is 0 Å². The first kappa shape index (κ1) is 24.6. The molecule has 2 aromatic carbocycles. The monoisotopic (exact) mass is 450 g/mol. The van der Waals surface area contributed by atoms with E-state index in [4.69, 9.17) is 0 Å². The molecule has 166 valence electrons. The summed E-state index contributed by atoms with van der Waals surface area (Å²) in [4.78, 5) is 0.617. The van der Waals surface area contributed by atoms with E-state index in [0.29, 0.717) is 10.5 Å². The first-order chi connectivity index (χ1) is 13.5. The highest BCUT2D eigenvalue weighted by Crippen LogP contribution is 2.33. The molecule has 0 aliphatic heterocycles. The average molecular weight is 451 g/mol. The second-order valence-electron chi connectivity index (χ2n) is 10.2. The molecule has 0 saturated carbocycles. The Labute approximate surface area is 182 Å². The molecule has 0 saturated heterocycles. The molecule has 0 aliphatic carbocycles. The minimum atomic E-state index is -3.59. The number of rotatable bonds is 5. The normalized spacial score (nSPS) is 14.5. The molecule has 0 aromatic heterocycles. The van der Waals surface area contributed by atoms with Crippen LogP contribution in [0.4, 0.5) is 0 Å². The SMILES string of the molecule is CC(Cc1ccc(C(C)(C)C)c(S(C)(=O)=O)c1)S(=O)(=O)c1ccccc1C(C)(C)C. The van der Waals surface area contributed by atoms with Gasteiger partial charge in [0.25, 0.3) is 0 Å². The van der Waals surface area contributed by atoms with Gasteiger partial charge in [0.1, 0.15) is 0 Å². The van der Waals surface area contributed by atoms with Gasteiger partial charge in [-0.25, -0.2) is 16.8 Å². The largest absolute Gasteiger partial charge is 0.224 e.